The largest absolute Gasteiger partial charge is 0.300 e. The van der Waals surface area contributed by atoms with Gasteiger partial charge in [0.25, 0.3) is 17.7 Å². The van der Waals surface area contributed by atoms with Crippen LogP contribution in [0.15, 0.2) is 46.3 Å². The third kappa shape index (κ3) is 3.06. The van der Waals surface area contributed by atoms with Crippen molar-refractivity contribution in [1.82, 2.24) is 4.90 Å². The lowest BCUT2D eigenvalue weighted by Gasteiger charge is -2.49. The number of halogens is 5. The Hall–Kier alpha value is -1.61. The predicted octanol–water partition coefficient (Wildman–Crippen LogP) is 6.88. The van der Waals surface area contributed by atoms with Crippen LogP contribution in [0.25, 0.3) is 0 Å². The number of thiophene rings is 1. The van der Waals surface area contributed by atoms with Gasteiger partial charge in [0.2, 0.25) is 0 Å². The van der Waals surface area contributed by atoms with Gasteiger partial charge in [-0.1, -0.05) is 68.4 Å². The Labute approximate surface area is 214 Å². The maximum atomic E-state index is 13.3. The lowest BCUT2D eigenvalue weighted by Crippen LogP contribution is -2.67. The molecule has 5 rings (SSSR count). The zero-order valence-corrected chi connectivity index (χ0v) is 21.0. The summed E-state index contributed by atoms with van der Waals surface area (Å²) in [6, 6.07) is 9.27. The molecule has 2 aliphatic heterocycles. The fourth-order valence-corrected chi connectivity index (χ4v) is 6.10. The third-order valence-corrected chi connectivity index (χ3v) is 8.69. The van der Waals surface area contributed by atoms with Gasteiger partial charge in [0, 0.05) is 15.0 Å². The molecule has 5 nitrogen and oxygen atoms in total. The van der Waals surface area contributed by atoms with Crippen LogP contribution < -0.4 is 4.90 Å². The first-order valence-electron chi connectivity index (χ1n) is 9.10. The second-order valence-electron chi connectivity index (χ2n) is 7.08. The van der Waals surface area contributed by atoms with Gasteiger partial charge in [-0.3, -0.25) is 24.2 Å². The number of imide groups is 1. The Morgan fingerprint density at radius 1 is 0.750 bits per heavy atom. The number of anilines is 1. The summed E-state index contributed by atoms with van der Waals surface area (Å²) >= 11 is 29.5. The molecule has 0 radical (unpaired) electrons. The lowest BCUT2D eigenvalue weighted by atomic mass is 9.90. The zero-order valence-electron chi connectivity index (χ0n) is 15.6. The molecule has 0 saturated carbocycles. The van der Waals surface area contributed by atoms with Crippen LogP contribution in [0, 0.1) is 0 Å². The number of hydrogen-bond acceptors (Lipinski definition) is 4. The Morgan fingerprint density at radius 3 is 1.81 bits per heavy atom. The molecule has 3 amide bonds. The van der Waals surface area contributed by atoms with E-state index in [0.717, 1.165) is 14.2 Å². The van der Waals surface area contributed by atoms with E-state index in [9.17, 15) is 14.4 Å². The van der Waals surface area contributed by atoms with E-state index in [1.807, 2.05) is 29.6 Å². The Morgan fingerprint density at radius 2 is 1.31 bits per heavy atom. The normalized spacial score (nSPS) is 20.1. The van der Waals surface area contributed by atoms with E-state index in [1.165, 1.54) is 11.3 Å². The van der Waals surface area contributed by atoms with Crippen LogP contribution in [-0.2, 0) is 4.79 Å². The summed E-state index contributed by atoms with van der Waals surface area (Å²) in [7, 11) is 0. The highest BCUT2D eigenvalue weighted by molar-refractivity contribution is 9.10. The van der Waals surface area contributed by atoms with E-state index < -0.39 is 29.8 Å². The lowest BCUT2D eigenvalue weighted by molar-refractivity contribution is -0.130. The molecule has 2 aromatic carbocycles. The molecule has 3 heterocycles. The fraction of sp³-hybridized carbons (Fsp3) is 0.0952. The molecule has 0 spiro atoms. The van der Waals surface area contributed by atoms with Crippen molar-refractivity contribution in [2.24, 2.45) is 0 Å². The highest BCUT2D eigenvalue weighted by atomic mass is 79.9. The van der Waals surface area contributed by atoms with E-state index in [-0.39, 0.29) is 31.2 Å². The van der Waals surface area contributed by atoms with Crippen LogP contribution in [0.3, 0.4) is 0 Å². The fourth-order valence-electron chi connectivity index (χ4n) is 3.98. The van der Waals surface area contributed by atoms with Crippen molar-refractivity contribution in [3.05, 3.63) is 82.3 Å². The van der Waals surface area contributed by atoms with Gasteiger partial charge in [-0.25, -0.2) is 0 Å². The maximum absolute atomic E-state index is 13.3. The van der Waals surface area contributed by atoms with Crippen LogP contribution in [0.5, 0.6) is 0 Å². The van der Waals surface area contributed by atoms with Crippen molar-refractivity contribution < 1.29 is 14.4 Å². The van der Waals surface area contributed by atoms with E-state index >= 15 is 0 Å². The number of carbonyl (C=O) groups is 3. The summed E-state index contributed by atoms with van der Waals surface area (Å²) in [5.74, 6) is -1.86. The average Bonchev–Trinajstić information content (AvgIpc) is 3.38. The van der Waals surface area contributed by atoms with Crippen LogP contribution in [0.4, 0.5) is 5.69 Å². The molecule has 1 fully saturated rings. The monoisotopic (exact) mass is 588 g/mol. The minimum absolute atomic E-state index is 0.119. The Kier molecular flexibility index (Phi) is 5.55. The van der Waals surface area contributed by atoms with E-state index in [2.05, 4.69) is 15.9 Å². The average molecular weight is 591 g/mol. The Balaban J connectivity index is 1.61. The summed E-state index contributed by atoms with van der Waals surface area (Å²) in [6.07, 6.45) is 0. The summed E-state index contributed by atoms with van der Waals surface area (Å²) < 4.78 is 0.858. The predicted molar refractivity (Wildman–Crippen MR) is 129 cm³/mol. The molecule has 1 saturated heterocycles. The van der Waals surface area contributed by atoms with Gasteiger partial charge in [0.1, 0.15) is 12.1 Å². The van der Waals surface area contributed by atoms with Crippen molar-refractivity contribution in [2.45, 2.75) is 12.1 Å². The number of carbonyl (C=O) groups excluding carboxylic acids is 3. The third-order valence-electron chi connectivity index (χ3n) is 5.42. The number of amides is 3. The number of hydrogen-bond donors (Lipinski definition) is 0. The molecule has 1 aromatic heterocycles. The molecule has 11 heteroatoms. The second kappa shape index (κ2) is 8.01. The molecule has 2 aliphatic rings. The van der Waals surface area contributed by atoms with Gasteiger partial charge in [0.05, 0.1) is 31.2 Å². The van der Waals surface area contributed by atoms with E-state index in [0.29, 0.717) is 5.69 Å². The molecule has 2 atom stereocenters. The quantitative estimate of drug-likeness (QED) is 0.145. The van der Waals surface area contributed by atoms with Crippen LogP contribution in [-0.4, -0.2) is 28.7 Å². The van der Waals surface area contributed by atoms with Crippen LogP contribution >= 0.6 is 73.7 Å². The topological polar surface area (TPSA) is 57.7 Å². The van der Waals surface area contributed by atoms with Crippen molar-refractivity contribution in [1.29, 1.82) is 0 Å². The van der Waals surface area contributed by atoms with Crippen LogP contribution in [0.1, 0.15) is 31.6 Å². The number of β-lactam (4-membered cyclic amide) rings is 1. The van der Waals surface area contributed by atoms with Gasteiger partial charge in [-0.05, 0) is 35.7 Å². The number of rotatable bonds is 3. The minimum atomic E-state index is -1.06. The first-order valence-corrected chi connectivity index (χ1v) is 12.3. The van der Waals surface area contributed by atoms with Crippen molar-refractivity contribution in [3.63, 3.8) is 0 Å². The minimum Gasteiger partial charge on any atom is -0.300 e. The van der Waals surface area contributed by atoms with Crippen molar-refractivity contribution in [3.8, 4) is 0 Å². The van der Waals surface area contributed by atoms with Gasteiger partial charge in [-0.15, -0.1) is 11.3 Å². The maximum Gasteiger partial charge on any atom is 0.264 e. The molecule has 0 N–H and O–H groups in total. The Bertz CT molecular complexity index is 1270. The first kappa shape index (κ1) is 22.2. The highest BCUT2D eigenvalue weighted by Gasteiger charge is 2.58. The molecule has 162 valence electrons. The summed E-state index contributed by atoms with van der Waals surface area (Å²) in [6.45, 7) is 0. The van der Waals surface area contributed by atoms with E-state index in [4.69, 9.17) is 46.4 Å². The molecular formula is C21H9BrCl4N2O3S. The zero-order chi connectivity index (χ0) is 22.9. The second-order valence-corrected chi connectivity index (χ2v) is 10.5. The van der Waals surface area contributed by atoms with Crippen LogP contribution in [0.2, 0.25) is 20.1 Å². The summed E-state index contributed by atoms with van der Waals surface area (Å²) in [4.78, 5) is 43.3. The standard InChI is InChI=1S/C21H9BrCl4N2O3S/c22-8-3-5-9(6-4-8)27-17(10-2-1-7-32-10)18(21(27)31)28-19(29)11-12(20(28)30)14(24)16(26)15(25)13(11)23/h1-7,17-18H/t17-,18-/m0/s1. The van der Waals surface area contributed by atoms with Gasteiger partial charge in [-0.2, -0.15) is 0 Å². The SMILES string of the molecule is O=C1c2c(Cl)c(Cl)c(Cl)c(Cl)c2C(=O)N1[C@@H]1C(=O)N(c2ccc(Br)cc2)[C@H]1c1cccs1. The molecule has 0 aliphatic carbocycles. The summed E-state index contributed by atoms with van der Waals surface area (Å²) in [5.41, 5.74) is 0.360. The number of fused-ring (bicyclic) bond motifs is 1. The molecule has 32 heavy (non-hydrogen) atoms. The molecular weight excluding hydrogens is 582 g/mol. The molecule has 0 bridgehead atoms. The van der Waals surface area contributed by atoms with Crippen molar-refractivity contribution >= 4 is 97.1 Å². The van der Waals surface area contributed by atoms with E-state index in [1.54, 1.807) is 17.0 Å². The highest BCUT2D eigenvalue weighted by Crippen LogP contribution is 2.49. The van der Waals surface area contributed by atoms with Crippen molar-refractivity contribution in [2.75, 3.05) is 4.90 Å². The molecule has 3 aromatic rings. The molecule has 0 unspecified atom stereocenters. The number of benzene rings is 2. The summed E-state index contributed by atoms with van der Waals surface area (Å²) in [5, 5.41) is 1.30. The van der Waals surface area contributed by atoms with Gasteiger partial charge >= 0.3 is 0 Å². The first-order chi connectivity index (χ1) is 15.2. The smallest absolute Gasteiger partial charge is 0.264 e. The van der Waals surface area contributed by atoms with Gasteiger partial charge < -0.3 is 0 Å². The van der Waals surface area contributed by atoms with Gasteiger partial charge in [0.15, 0.2) is 0 Å². The number of nitrogens with zero attached hydrogens (tertiary/aromatic N) is 2.